The minimum absolute atomic E-state index is 0.0381. The summed E-state index contributed by atoms with van der Waals surface area (Å²) in [6.45, 7) is 9.57. The minimum atomic E-state index is -0.161. The molecule has 0 saturated carbocycles. The summed E-state index contributed by atoms with van der Waals surface area (Å²) in [5, 5.41) is 4.77. The number of hydrogen-bond donors (Lipinski definition) is 0. The average molecular weight is 694 g/mol. The molecule has 2 heteroatoms. The van der Waals surface area contributed by atoms with Gasteiger partial charge >= 0.3 is 0 Å². The van der Waals surface area contributed by atoms with Crippen LogP contribution in [0.4, 0.5) is 17.1 Å². The second-order valence-electron chi connectivity index (χ2n) is 16.1. The first-order chi connectivity index (χ1) is 26.3. The number of fused-ring (bicyclic) bond motifs is 11. The average Bonchev–Trinajstić information content (AvgIpc) is 3.78. The van der Waals surface area contributed by atoms with Gasteiger partial charge in [0, 0.05) is 33.0 Å². The fourth-order valence-corrected chi connectivity index (χ4v) is 9.77. The Hall–Kier alpha value is -6.38. The molecule has 54 heavy (non-hydrogen) atoms. The van der Waals surface area contributed by atoms with Crippen LogP contribution in [0.1, 0.15) is 49.9 Å². The van der Waals surface area contributed by atoms with Gasteiger partial charge in [-0.25, -0.2) is 0 Å². The van der Waals surface area contributed by atoms with Crippen molar-refractivity contribution in [1.29, 1.82) is 0 Å². The van der Waals surface area contributed by atoms with Gasteiger partial charge in [-0.3, -0.25) is 0 Å². The summed E-state index contributed by atoms with van der Waals surface area (Å²) in [4.78, 5) is 2.37. The molecule has 0 fully saturated rings. The number of anilines is 3. The lowest BCUT2D eigenvalue weighted by molar-refractivity contribution is 0.654. The van der Waals surface area contributed by atoms with Gasteiger partial charge in [-0.05, 0) is 115 Å². The Morgan fingerprint density at radius 2 is 1.11 bits per heavy atom. The van der Waals surface area contributed by atoms with Crippen LogP contribution in [0.25, 0.3) is 66.1 Å². The van der Waals surface area contributed by atoms with Crippen LogP contribution in [0.3, 0.4) is 0 Å². The Bertz CT molecular complexity index is 3000. The van der Waals surface area contributed by atoms with Crippen molar-refractivity contribution in [2.24, 2.45) is 0 Å². The third-order valence-corrected chi connectivity index (χ3v) is 12.4. The van der Waals surface area contributed by atoms with Crippen LogP contribution in [0.15, 0.2) is 168 Å². The first-order valence-electron chi connectivity index (χ1n) is 19.0. The lowest BCUT2D eigenvalue weighted by Gasteiger charge is -2.27. The number of furan rings is 1. The number of hydrogen-bond acceptors (Lipinski definition) is 2. The Kier molecular flexibility index (Phi) is 6.39. The number of benzene rings is 8. The molecule has 0 N–H and O–H groups in total. The van der Waals surface area contributed by atoms with E-state index in [0.29, 0.717) is 0 Å². The molecule has 0 aliphatic heterocycles. The summed E-state index contributed by atoms with van der Waals surface area (Å²) in [5.41, 5.74) is 18.3. The molecule has 0 saturated heterocycles. The van der Waals surface area contributed by atoms with Gasteiger partial charge < -0.3 is 9.32 Å². The van der Waals surface area contributed by atoms with E-state index in [9.17, 15) is 0 Å². The van der Waals surface area contributed by atoms with Crippen LogP contribution in [-0.2, 0) is 10.8 Å². The summed E-state index contributed by atoms with van der Waals surface area (Å²) < 4.78 is 6.66. The van der Waals surface area contributed by atoms with Crippen LogP contribution in [0.2, 0.25) is 0 Å². The number of nitrogens with zero attached hydrogens (tertiary/aromatic N) is 1. The van der Waals surface area contributed by atoms with Crippen LogP contribution in [-0.4, -0.2) is 0 Å². The largest absolute Gasteiger partial charge is 0.454 e. The molecule has 0 spiro atoms. The van der Waals surface area contributed by atoms with Crippen molar-refractivity contribution in [2.75, 3.05) is 4.90 Å². The molecule has 0 amide bonds. The quantitative estimate of drug-likeness (QED) is 0.182. The molecule has 258 valence electrons. The smallest absolute Gasteiger partial charge is 0.159 e. The van der Waals surface area contributed by atoms with Gasteiger partial charge in [-0.2, -0.15) is 0 Å². The fourth-order valence-electron chi connectivity index (χ4n) is 9.77. The molecule has 0 unspecified atom stereocenters. The van der Waals surface area contributed by atoms with Gasteiger partial charge in [0.2, 0.25) is 0 Å². The van der Waals surface area contributed by atoms with Crippen molar-refractivity contribution in [3.63, 3.8) is 0 Å². The maximum Gasteiger partial charge on any atom is 0.159 e. The molecule has 2 aliphatic carbocycles. The molecule has 11 rings (SSSR count). The standard InChI is InChI=1S/C52H39NO/c1-51(2)44-21-10-8-18-38(44)42-30-46-43(31-45(42)51)40-26-24-34-29-36(25-27-37(34)49(40)52(46,3)4)53(35-17-12-16-33(28-35)32-14-6-5-7-15-32)47-22-13-20-41-39-19-9-11-23-48(39)54-50(41)47/h5-31H,1-4H3. The van der Waals surface area contributed by atoms with Crippen LogP contribution in [0, 0.1) is 0 Å². The lowest BCUT2D eigenvalue weighted by atomic mass is 9.78. The van der Waals surface area contributed by atoms with E-state index in [4.69, 9.17) is 4.42 Å². The SMILES string of the molecule is CC1(C)c2ccccc2-c2cc3c(cc21)-c1ccc2cc(N(c4cccc(-c5ccccc5)c4)c4cccc5c4oc4ccccc45)ccc2c1C3(C)C. The highest BCUT2D eigenvalue weighted by Gasteiger charge is 2.42. The molecule has 2 aliphatic rings. The summed E-state index contributed by atoms with van der Waals surface area (Å²) in [6, 6.07) is 60.0. The summed E-state index contributed by atoms with van der Waals surface area (Å²) in [5.74, 6) is 0. The van der Waals surface area contributed by atoms with Crippen LogP contribution >= 0.6 is 0 Å². The van der Waals surface area contributed by atoms with Gasteiger partial charge in [0.05, 0.1) is 5.69 Å². The Morgan fingerprint density at radius 3 is 1.98 bits per heavy atom. The third kappa shape index (κ3) is 4.28. The van der Waals surface area contributed by atoms with Crippen LogP contribution < -0.4 is 4.90 Å². The van der Waals surface area contributed by atoms with E-state index in [1.54, 1.807) is 0 Å². The second kappa shape index (κ2) is 11.1. The second-order valence-corrected chi connectivity index (χ2v) is 16.1. The summed E-state index contributed by atoms with van der Waals surface area (Å²) >= 11 is 0. The van der Waals surface area contributed by atoms with E-state index in [1.165, 1.54) is 66.4 Å². The van der Waals surface area contributed by atoms with E-state index in [1.807, 2.05) is 6.07 Å². The zero-order chi connectivity index (χ0) is 36.3. The van der Waals surface area contributed by atoms with Crippen molar-refractivity contribution in [3.8, 4) is 33.4 Å². The highest BCUT2D eigenvalue weighted by atomic mass is 16.3. The summed E-state index contributed by atoms with van der Waals surface area (Å²) in [6.07, 6.45) is 0. The van der Waals surface area contributed by atoms with Gasteiger partial charge in [0.1, 0.15) is 5.58 Å². The van der Waals surface area contributed by atoms with Crippen molar-refractivity contribution in [3.05, 3.63) is 186 Å². The van der Waals surface area contributed by atoms with Crippen LogP contribution in [0.5, 0.6) is 0 Å². The molecule has 0 atom stereocenters. The topological polar surface area (TPSA) is 16.4 Å². The predicted molar refractivity (Wildman–Crippen MR) is 226 cm³/mol. The highest BCUT2D eigenvalue weighted by molar-refractivity contribution is 6.11. The molecule has 1 aromatic heterocycles. The molecule has 1 heterocycles. The maximum absolute atomic E-state index is 6.66. The first kappa shape index (κ1) is 31.2. The Morgan fingerprint density at radius 1 is 0.426 bits per heavy atom. The predicted octanol–water partition coefficient (Wildman–Crippen LogP) is 14.5. The van der Waals surface area contributed by atoms with Gasteiger partial charge in [0.25, 0.3) is 0 Å². The van der Waals surface area contributed by atoms with Crippen molar-refractivity contribution in [2.45, 2.75) is 38.5 Å². The lowest BCUT2D eigenvalue weighted by Crippen LogP contribution is -2.17. The van der Waals surface area contributed by atoms with Crippen molar-refractivity contribution >= 4 is 49.8 Å². The van der Waals surface area contributed by atoms with Crippen molar-refractivity contribution in [1.82, 2.24) is 0 Å². The number of para-hydroxylation sites is 2. The normalized spacial score (nSPS) is 14.6. The zero-order valence-electron chi connectivity index (χ0n) is 30.9. The molecule has 2 nitrogen and oxygen atoms in total. The number of rotatable bonds is 4. The zero-order valence-corrected chi connectivity index (χ0v) is 30.9. The molecule has 9 aromatic rings. The molecule has 0 bridgehead atoms. The van der Waals surface area contributed by atoms with Gasteiger partial charge in [0.15, 0.2) is 5.58 Å². The molecule has 8 aromatic carbocycles. The third-order valence-electron chi connectivity index (χ3n) is 12.4. The van der Waals surface area contributed by atoms with Gasteiger partial charge in [-0.15, -0.1) is 0 Å². The maximum atomic E-state index is 6.66. The highest BCUT2D eigenvalue weighted by Crippen LogP contribution is 2.57. The van der Waals surface area contributed by atoms with Gasteiger partial charge in [-0.1, -0.05) is 143 Å². The molecular formula is C52H39NO. The van der Waals surface area contributed by atoms with E-state index in [-0.39, 0.29) is 10.8 Å². The van der Waals surface area contributed by atoms with E-state index < -0.39 is 0 Å². The molecular weight excluding hydrogens is 655 g/mol. The molecule has 0 radical (unpaired) electrons. The fraction of sp³-hybridized carbons (Fsp3) is 0.115. The summed E-state index contributed by atoms with van der Waals surface area (Å²) in [7, 11) is 0. The monoisotopic (exact) mass is 693 g/mol. The Labute approximate surface area is 315 Å². The van der Waals surface area contributed by atoms with E-state index in [0.717, 1.165) is 39.0 Å². The van der Waals surface area contributed by atoms with E-state index in [2.05, 4.69) is 190 Å². The van der Waals surface area contributed by atoms with Crippen molar-refractivity contribution < 1.29 is 4.42 Å². The Balaban J connectivity index is 1.10. The first-order valence-corrected chi connectivity index (χ1v) is 19.0. The minimum Gasteiger partial charge on any atom is -0.454 e. The van der Waals surface area contributed by atoms with E-state index >= 15 is 0 Å².